The molecule has 0 saturated carbocycles. The Morgan fingerprint density at radius 3 is 2.57 bits per heavy atom. The van der Waals surface area contributed by atoms with E-state index in [0.717, 1.165) is 12.1 Å². The molecule has 1 heterocycles. The van der Waals surface area contributed by atoms with Crippen molar-refractivity contribution in [3.05, 3.63) is 53.2 Å². The summed E-state index contributed by atoms with van der Waals surface area (Å²) < 4.78 is 5.77. The van der Waals surface area contributed by atoms with E-state index in [1.165, 1.54) is 5.56 Å². The Bertz CT molecular complexity index is 678. The molecule has 0 amide bonds. The van der Waals surface area contributed by atoms with Crippen LogP contribution in [-0.4, -0.2) is 4.98 Å². The third-order valence-electron chi connectivity index (χ3n) is 3.28. The van der Waals surface area contributed by atoms with Crippen molar-refractivity contribution in [1.82, 2.24) is 4.98 Å². The maximum Gasteiger partial charge on any atom is 0.219 e. The van der Waals surface area contributed by atoms with Crippen LogP contribution in [0.1, 0.15) is 44.5 Å². The molecule has 0 saturated heterocycles. The number of hydrogen-bond acceptors (Lipinski definition) is 3. The van der Waals surface area contributed by atoms with Crippen molar-refractivity contribution >= 4 is 0 Å². The Morgan fingerprint density at radius 1 is 1.19 bits per heavy atom. The van der Waals surface area contributed by atoms with Crippen LogP contribution in [0.5, 0.6) is 11.6 Å². The van der Waals surface area contributed by atoms with Gasteiger partial charge in [0, 0.05) is 11.8 Å². The van der Waals surface area contributed by atoms with Crippen LogP contribution in [-0.2, 0) is 11.8 Å². The Labute approximate surface area is 126 Å². The molecule has 0 spiro atoms. The van der Waals surface area contributed by atoms with Crippen LogP contribution in [0.4, 0.5) is 0 Å². The number of aromatic nitrogens is 1. The first-order chi connectivity index (χ1) is 9.94. The highest BCUT2D eigenvalue weighted by Gasteiger charge is 2.18. The molecule has 108 valence electrons. The Morgan fingerprint density at radius 2 is 1.95 bits per heavy atom. The van der Waals surface area contributed by atoms with Crippen LogP contribution in [0.25, 0.3) is 0 Å². The molecule has 0 N–H and O–H groups in total. The standard InChI is InChI=1S/C18H20N2O/c1-5-16-15(18(2,3)4)9-10-17(20-16)21-14-8-6-7-13(11-14)12-19/h6-11H,5H2,1-4H3. The third-order valence-corrected chi connectivity index (χ3v) is 3.28. The number of pyridine rings is 1. The monoisotopic (exact) mass is 280 g/mol. The summed E-state index contributed by atoms with van der Waals surface area (Å²) in [4.78, 5) is 4.60. The minimum Gasteiger partial charge on any atom is -0.439 e. The zero-order valence-electron chi connectivity index (χ0n) is 13.0. The molecule has 0 fully saturated rings. The van der Waals surface area contributed by atoms with Gasteiger partial charge in [0.05, 0.1) is 11.6 Å². The van der Waals surface area contributed by atoms with Gasteiger partial charge >= 0.3 is 0 Å². The quantitative estimate of drug-likeness (QED) is 0.825. The van der Waals surface area contributed by atoms with E-state index in [1.807, 2.05) is 12.1 Å². The minimum absolute atomic E-state index is 0.0671. The first-order valence-corrected chi connectivity index (χ1v) is 7.12. The number of rotatable bonds is 3. The number of nitrogens with zero attached hydrogens (tertiary/aromatic N) is 2. The highest BCUT2D eigenvalue weighted by molar-refractivity contribution is 5.39. The average Bonchev–Trinajstić information content (AvgIpc) is 2.46. The maximum atomic E-state index is 8.92. The highest BCUT2D eigenvalue weighted by Crippen LogP contribution is 2.28. The van der Waals surface area contributed by atoms with Crippen molar-refractivity contribution in [1.29, 1.82) is 5.26 Å². The van der Waals surface area contributed by atoms with E-state index in [2.05, 4.69) is 44.8 Å². The Balaban J connectivity index is 2.31. The smallest absolute Gasteiger partial charge is 0.219 e. The predicted octanol–water partition coefficient (Wildman–Crippen LogP) is 4.61. The van der Waals surface area contributed by atoms with Crippen molar-refractivity contribution in [3.63, 3.8) is 0 Å². The number of hydrogen-bond donors (Lipinski definition) is 0. The molecule has 1 aromatic carbocycles. The van der Waals surface area contributed by atoms with Crippen LogP contribution in [0.3, 0.4) is 0 Å². The molecular formula is C18H20N2O. The van der Waals surface area contributed by atoms with Gasteiger partial charge in [0.25, 0.3) is 0 Å². The van der Waals surface area contributed by atoms with Gasteiger partial charge in [-0.05, 0) is 35.6 Å². The molecule has 0 aliphatic rings. The number of ether oxygens (including phenoxy) is 1. The molecule has 1 aromatic heterocycles. The number of nitriles is 1. The largest absolute Gasteiger partial charge is 0.439 e. The molecule has 3 heteroatoms. The first kappa shape index (κ1) is 15.1. The van der Waals surface area contributed by atoms with Crippen molar-refractivity contribution in [2.75, 3.05) is 0 Å². The van der Waals surface area contributed by atoms with Crippen molar-refractivity contribution < 1.29 is 4.74 Å². The fourth-order valence-corrected chi connectivity index (χ4v) is 2.24. The summed E-state index contributed by atoms with van der Waals surface area (Å²) >= 11 is 0. The van der Waals surface area contributed by atoms with E-state index in [-0.39, 0.29) is 5.41 Å². The zero-order chi connectivity index (χ0) is 15.5. The molecule has 0 atom stereocenters. The van der Waals surface area contributed by atoms with Gasteiger partial charge in [0.2, 0.25) is 5.88 Å². The van der Waals surface area contributed by atoms with Gasteiger partial charge in [-0.25, -0.2) is 4.98 Å². The second-order valence-electron chi connectivity index (χ2n) is 5.99. The third kappa shape index (κ3) is 3.61. The lowest BCUT2D eigenvalue weighted by Gasteiger charge is -2.22. The molecule has 0 aliphatic carbocycles. The van der Waals surface area contributed by atoms with Crippen molar-refractivity contribution in [2.24, 2.45) is 0 Å². The van der Waals surface area contributed by atoms with E-state index in [4.69, 9.17) is 10.00 Å². The molecular weight excluding hydrogens is 260 g/mol. The fraction of sp³-hybridized carbons (Fsp3) is 0.333. The van der Waals surface area contributed by atoms with Crippen molar-refractivity contribution in [3.8, 4) is 17.7 Å². The summed E-state index contributed by atoms with van der Waals surface area (Å²) in [5, 5.41) is 8.92. The Kier molecular flexibility index (Phi) is 4.28. The van der Waals surface area contributed by atoms with Gasteiger partial charge in [-0.15, -0.1) is 0 Å². The van der Waals surface area contributed by atoms with Gasteiger partial charge in [0.1, 0.15) is 5.75 Å². The summed E-state index contributed by atoms with van der Waals surface area (Å²) in [6.45, 7) is 8.64. The van der Waals surface area contributed by atoms with Crippen LogP contribution < -0.4 is 4.74 Å². The van der Waals surface area contributed by atoms with Gasteiger partial charge in [-0.2, -0.15) is 5.26 Å². The summed E-state index contributed by atoms with van der Waals surface area (Å²) in [6.07, 6.45) is 0.863. The van der Waals surface area contributed by atoms with Gasteiger partial charge < -0.3 is 4.74 Å². The van der Waals surface area contributed by atoms with Gasteiger partial charge in [-0.1, -0.05) is 39.8 Å². The second kappa shape index (κ2) is 5.97. The SMILES string of the molecule is CCc1nc(Oc2cccc(C#N)c2)ccc1C(C)(C)C. The number of aryl methyl sites for hydroxylation is 1. The van der Waals surface area contributed by atoms with Crippen molar-refractivity contribution in [2.45, 2.75) is 39.5 Å². The summed E-state index contributed by atoms with van der Waals surface area (Å²) in [7, 11) is 0. The molecule has 2 aromatic rings. The zero-order valence-corrected chi connectivity index (χ0v) is 13.0. The molecule has 0 unspecified atom stereocenters. The lowest BCUT2D eigenvalue weighted by atomic mass is 9.85. The van der Waals surface area contributed by atoms with Crippen LogP contribution in [0.2, 0.25) is 0 Å². The fourth-order valence-electron chi connectivity index (χ4n) is 2.24. The van der Waals surface area contributed by atoms with Gasteiger partial charge in [0.15, 0.2) is 0 Å². The summed E-state index contributed by atoms with van der Waals surface area (Å²) in [6, 6.07) is 13.2. The highest BCUT2D eigenvalue weighted by atomic mass is 16.5. The Hall–Kier alpha value is -2.34. The van der Waals surface area contributed by atoms with E-state index < -0.39 is 0 Å². The molecule has 0 bridgehead atoms. The van der Waals surface area contributed by atoms with Crippen LogP contribution >= 0.6 is 0 Å². The number of benzene rings is 1. The van der Waals surface area contributed by atoms with Gasteiger partial charge in [-0.3, -0.25) is 0 Å². The van der Waals surface area contributed by atoms with Crippen LogP contribution in [0.15, 0.2) is 36.4 Å². The van der Waals surface area contributed by atoms with E-state index in [0.29, 0.717) is 17.2 Å². The molecule has 21 heavy (non-hydrogen) atoms. The summed E-state index contributed by atoms with van der Waals surface area (Å²) in [5.41, 5.74) is 2.94. The lowest BCUT2D eigenvalue weighted by molar-refractivity contribution is 0.457. The topological polar surface area (TPSA) is 45.9 Å². The van der Waals surface area contributed by atoms with Crippen LogP contribution in [0, 0.1) is 11.3 Å². The summed E-state index contributed by atoms with van der Waals surface area (Å²) in [5.74, 6) is 1.20. The maximum absolute atomic E-state index is 8.92. The molecule has 2 rings (SSSR count). The minimum atomic E-state index is 0.0671. The van der Waals surface area contributed by atoms with E-state index in [1.54, 1.807) is 18.2 Å². The molecule has 0 aliphatic heterocycles. The molecule has 3 nitrogen and oxygen atoms in total. The molecule has 0 radical (unpaired) electrons. The second-order valence-corrected chi connectivity index (χ2v) is 5.99. The predicted molar refractivity (Wildman–Crippen MR) is 83.5 cm³/mol. The first-order valence-electron chi connectivity index (χ1n) is 7.12. The van der Waals surface area contributed by atoms with E-state index in [9.17, 15) is 0 Å². The normalized spacial score (nSPS) is 11.0. The lowest BCUT2D eigenvalue weighted by Crippen LogP contribution is -2.15. The van der Waals surface area contributed by atoms with E-state index >= 15 is 0 Å². The average molecular weight is 280 g/mol.